The highest BCUT2D eigenvalue weighted by molar-refractivity contribution is 5.92. The first-order chi connectivity index (χ1) is 10.2. The van der Waals surface area contributed by atoms with Gasteiger partial charge in [0.25, 0.3) is 0 Å². The van der Waals surface area contributed by atoms with E-state index in [4.69, 9.17) is 5.73 Å². The number of aryl methyl sites for hydroxylation is 2. The van der Waals surface area contributed by atoms with E-state index in [0.29, 0.717) is 17.9 Å². The zero-order valence-corrected chi connectivity index (χ0v) is 13.2. The number of hydrogen-bond acceptors (Lipinski definition) is 3. The molecule has 0 atom stereocenters. The molecule has 3 N–H and O–H groups in total. The number of carbonyl (C=O) groups excluding carboxylic acids is 1. The third kappa shape index (κ3) is 3.98. The van der Waals surface area contributed by atoms with Crippen LogP contribution >= 0.6 is 12.4 Å². The zero-order chi connectivity index (χ0) is 14.7. The number of carbonyl (C=O) groups is 1. The van der Waals surface area contributed by atoms with Crippen molar-refractivity contribution in [2.45, 2.75) is 32.1 Å². The summed E-state index contributed by atoms with van der Waals surface area (Å²) in [5.41, 5.74) is 10.1. The van der Waals surface area contributed by atoms with Gasteiger partial charge in [0.2, 0.25) is 5.91 Å². The first-order valence-electron chi connectivity index (χ1n) is 7.33. The van der Waals surface area contributed by atoms with E-state index in [1.807, 2.05) is 0 Å². The fraction of sp³-hybridized carbons (Fsp3) is 0.294. The van der Waals surface area contributed by atoms with Crippen LogP contribution in [0, 0.1) is 0 Å². The van der Waals surface area contributed by atoms with Crippen LogP contribution in [0.5, 0.6) is 0 Å². The van der Waals surface area contributed by atoms with Gasteiger partial charge in [0.15, 0.2) is 0 Å². The number of nitrogens with two attached hydrogens (primary N) is 1. The van der Waals surface area contributed by atoms with Gasteiger partial charge in [-0.25, -0.2) is 4.98 Å². The van der Waals surface area contributed by atoms with E-state index in [1.54, 1.807) is 18.3 Å². The monoisotopic (exact) mass is 317 g/mol. The minimum absolute atomic E-state index is 0. The lowest BCUT2D eigenvalue weighted by Gasteiger charge is -2.16. The van der Waals surface area contributed by atoms with Crippen LogP contribution in [0.15, 0.2) is 36.5 Å². The molecule has 1 aliphatic rings. The maximum Gasteiger partial charge on any atom is 0.228 e. The number of fused-ring (bicyclic) bond motifs is 1. The normalized spacial score (nSPS) is 12.9. The molecule has 0 radical (unpaired) electrons. The fourth-order valence-electron chi connectivity index (χ4n) is 2.77. The number of anilines is 2. The zero-order valence-electron chi connectivity index (χ0n) is 12.3. The summed E-state index contributed by atoms with van der Waals surface area (Å²) in [5, 5.41) is 2.84. The van der Waals surface area contributed by atoms with Crippen LogP contribution < -0.4 is 11.1 Å². The van der Waals surface area contributed by atoms with Gasteiger partial charge in [-0.05, 0) is 54.5 Å². The summed E-state index contributed by atoms with van der Waals surface area (Å²) < 4.78 is 0. The van der Waals surface area contributed by atoms with Gasteiger partial charge in [0.1, 0.15) is 5.82 Å². The van der Waals surface area contributed by atoms with Crippen molar-refractivity contribution >= 4 is 29.8 Å². The van der Waals surface area contributed by atoms with Crippen molar-refractivity contribution in [2.24, 2.45) is 0 Å². The van der Waals surface area contributed by atoms with Crippen LogP contribution in [0.2, 0.25) is 0 Å². The second kappa shape index (κ2) is 7.27. The van der Waals surface area contributed by atoms with Gasteiger partial charge in [-0.2, -0.15) is 0 Å². The van der Waals surface area contributed by atoms with E-state index in [0.717, 1.165) is 12.0 Å². The maximum absolute atomic E-state index is 12.1. The van der Waals surface area contributed by atoms with Crippen molar-refractivity contribution < 1.29 is 4.79 Å². The predicted molar refractivity (Wildman–Crippen MR) is 91.3 cm³/mol. The highest BCUT2D eigenvalue weighted by Crippen LogP contribution is 2.22. The molecule has 0 fully saturated rings. The van der Waals surface area contributed by atoms with E-state index in [1.165, 1.54) is 30.4 Å². The number of rotatable bonds is 3. The summed E-state index contributed by atoms with van der Waals surface area (Å²) >= 11 is 0. The molecule has 2 aromatic rings. The van der Waals surface area contributed by atoms with Gasteiger partial charge in [-0.15, -0.1) is 12.4 Å². The number of hydrogen-bond donors (Lipinski definition) is 2. The molecule has 0 spiro atoms. The van der Waals surface area contributed by atoms with Crippen molar-refractivity contribution in [1.82, 2.24) is 4.98 Å². The second-order valence-corrected chi connectivity index (χ2v) is 5.51. The minimum Gasteiger partial charge on any atom is -0.384 e. The molecule has 1 amide bonds. The van der Waals surface area contributed by atoms with E-state index in [-0.39, 0.29) is 18.3 Å². The number of pyridine rings is 1. The number of benzene rings is 1. The Kier molecular flexibility index (Phi) is 5.39. The van der Waals surface area contributed by atoms with Crippen molar-refractivity contribution in [3.8, 4) is 0 Å². The van der Waals surface area contributed by atoms with Crippen LogP contribution in [-0.2, 0) is 24.1 Å². The molecule has 0 bridgehead atoms. The lowest BCUT2D eigenvalue weighted by atomic mass is 9.90. The standard InChI is InChI=1S/C17H19N3O.ClH/c18-16-8-7-15(11-19-16)20-17(21)10-12-5-6-13-3-1-2-4-14(13)9-12;/h5-9,11H,1-4,10H2,(H2,18,19)(H,20,21);1H. The molecular weight excluding hydrogens is 298 g/mol. The molecule has 1 heterocycles. The van der Waals surface area contributed by atoms with Crippen LogP contribution in [0.4, 0.5) is 11.5 Å². The molecule has 0 unspecified atom stereocenters. The van der Waals surface area contributed by atoms with Gasteiger partial charge in [0, 0.05) is 0 Å². The van der Waals surface area contributed by atoms with E-state index < -0.39 is 0 Å². The van der Waals surface area contributed by atoms with Crippen molar-refractivity contribution in [3.05, 3.63) is 53.2 Å². The minimum atomic E-state index is -0.0302. The first kappa shape index (κ1) is 16.3. The van der Waals surface area contributed by atoms with E-state index in [9.17, 15) is 4.79 Å². The fourth-order valence-corrected chi connectivity index (χ4v) is 2.77. The molecule has 3 rings (SSSR count). The Hall–Kier alpha value is -2.07. The number of halogens is 1. The molecule has 22 heavy (non-hydrogen) atoms. The highest BCUT2D eigenvalue weighted by Gasteiger charge is 2.11. The van der Waals surface area contributed by atoms with Crippen LogP contribution in [0.25, 0.3) is 0 Å². The third-order valence-corrected chi connectivity index (χ3v) is 3.85. The van der Waals surface area contributed by atoms with Crippen molar-refractivity contribution in [1.29, 1.82) is 0 Å². The van der Waals surface area contributed by atoms with Crippen LogP contribution in [0.3, 0.4) is 0 Å². The molecular formula is C17H20ClN3O. The van der Waals surface area contributed by atoms with Crippen LogP contribution in [-0.4, -0.2) is 10.9 Å². The summed E-state index contributed by atoms with van der Waals surface area (Å²) in [6.07, 6.45) is 6.78. The number of nitrogen functional groups attached to an aromatic ring is 1. The number of amides is 1. The van der Waals surface area contributed by atoms with Gasteiger partial charge in [-0.1, -0.05) is 18.2 Å². The smallest absolute Gasteiger partial charge is 0.228 e. The Balaban J connectivity index is 0.00000176. The largest absolute Gasteiger partial charge is 0.384 e. The summed E-state index contributed by atoms with van der Waals surface area (Å²) in [6, 6.07) is 9.84. The molecule has 116 valence electrons. The summed E-state index contributed by atoms with van der Waals surface area (Å²) in [7, 11) is 0. The molecule has 0 aliphatic heterocycles. The molecule has 1 aromatic heterocycles. The lowest BCUT2D eigenvalue weighted by molar-refractivity contribution is -0.115. The van der Waals surface area contributed by atoms with Gasteiger partial charge >= 0.3 is 0 Å². The summed E-state index contributed by atoms with van der Waals surface area (Å²) in [4.78, 5) is 16.0. The van der Waals surface area contributed by atoms with Crippen molar-refractivity contribution in [3.63, 3.8) is 0 Å². The number of nitrogens with one attached hydrogen (secondary N) is 1. The quantitative estimate of drug-likeness (QED) is 0.913. The Morgan fingerprint density at radius 2 is 1.91 bits per heavy atom. The lowest BCUT2D eigenvalue weighted by Crippen LogP contribution is -2.15. The highest BCUT2D eigenvalue weighted by atomic mass is 35.5. The van der Waals surface area contributed by atoms with E-state index >= 15 is 0 Å². The molecule has 0 saturated carbocycles. The van der Waals surface area contributed by atoms with Gasteiger partial charge in [-0.3, -0.25) is 4.79 Å². The van der Waals surface area contributed by atoms with E-state index in [2.05, 4.69) is 28.5 Å². The topological polar surface area (TPSA) is 68.0 Å². The predicted octanol–water partition coefficient (Wildman–Crippen LogP) is 3.15. The number of nitrogens with zero attached hydrogens (tertiary/aromatic N) is 1. The summed E-state index contributed by atoms with van der Waals surface area (Å²) in [6.45, 7) is 0. The first-order valence-corrected chi connectivity index (χ1v) is 7.33. The third-order valence-electron chi connectivity index (χ3n) is 3.85. The Morgan fingerprint density at radius 3 is 2.64 bits per heavy atom. The van der Waals surface area contributed by atoms with Crippen molar-refractivity contribution in [2.75, 3.05) is 11.1 Å². The molecule has 4 nitrogen and oxygen atoms in total. The van der Waals surface area contributed by atoms with Crippen LogP contribution in [0.1, 0.15) is 29.5 Å². The van der Waals surface area contributed by atoms with Gasteiger partial charge in [0.05, 0.1) is 18.3 Å². The average Bonchev–Trinajstić information content (AvgIpc) is 2.49. The Morgan fingerprint density at radius 1 is 1.14 bits per heavy atom. The summed E-state index contributed by atoms with van der Waals surface area (Å²) in [5.74, 6) is 0.417. The molecule has 1 aliphatic carbocycles. The SMILES string of the molecule is Cl.Nc1ccc(NC(=O)Cc2ccc3c(c2)CCCC3)cn1. The maximum atomic E-state index is 12.1. The average molecular weight is 318 g/mol. The Labute approximate surface area is 136 Å². The molecule has 0 saturated heterocycles. The van der Waals surface area contributed by atoms with Gasteiger partial charge < -0.3 is 11.1 Å². The Bertz CT molecular complexity index is 655. The number of aromatic nitrogens is 1. The second-order valence-electron chi connectivity index (χ2n) is 5.51. The molecule has 1 aromatic carbocycles. The molecule has 5 heteroatoms.